The lowest BCUT2D eigenvalue weighted by molar-refractivity contribution is -0.155. The van der Waals surface area contributed by atoms with Crippen LogP contribution in [-0.4, -0.2) is 35.3 Å². The van der Waals surface area contributed by atoms with Crippen LogP contribution in [0.25, 0.3) is 0 Å². The number of carbonyl (C=O) groups is 1. The molecule has 2 unspecified atom stereocenters. The van der Waals surface area contributed by atoms with Gasteiger partial charge in [-0.3, -0.25) is 9.69 Å². The van der Waals surface area contributed by atoms with Crippen LogP contribution in [0, 0.1) is 5.92 Å². The summed E-state index contributed by atoms with van der Waals surface area (Å²) < 4.78 is 11.6. The van der Waals surface area contributed by atoms with Gasteiger partial charge in [-0.1, -0.05) is 57.0 Å². The Morgan fingerprint density at radius 1 is 1.19 bits per heavy atom. The number of epoxide rings is 1. The van der Waals surface area contributed by atoms with Gasteiger partial charge in [-0.05, 0) is 39.2 Å². The van der Waals surface area contributed by atoms with Crippen molar-refractivity contribution >= 4 is 5.97 Å². The minimum Gasteiger partial charge on any atom is -0.460 e. The molecule has 4 nitrogen and oxygen atoms in total. The maximum atomic E-state index is 12.2. The molecule has 0 radical (unpaired) electrons. The highest BCUT2D eigenvalue weighted by molar-refractivity contribution is 5.70. The van der Waals surface area contributed by atoms with E-state index >= 15 is 0 Å². The second-order valence-corrected chi connectivity index (χ2v) is 8.23. The average molecular weight is 362 g/mol. The second kappa shape index (κ2) is 9.01. The Kier molecular flexibility index (Phi) is 7.24. The molecule has 1 heterocycles. The van der Waals surface area contributed by atoms with Crippen molar-refractivity contribution in [1.29, 1.82) is 0 Å². The zero-order chi connectivity index (χ0) is 19.3. The van der Waals surface area contributed by atoms with E-state index in [0.717, 1.165) is 12.8 Å². The van der Waals surface area contributed by atoms with Crippen LogP contribution in [0.4, 0.5) is 0 Å². The van der Waals surface area contributed by atoms with E-state index in [9.17, 15) is 4.79 Å². The Balaban J connectivity index is 2.06. The summed E-state index contributed by atoms with van der Waals surface area (Å²) in [5, 5.41) is 0. The van der Waals surface area contributed by atoms with Gasteiger partial charge in [0.2, 0.25) is 0 Å². The van der Waals surface area contributed by atoms with Crippen molar-refractivity contribution in [2.24, 2.45) is 5.92 Å². The molecule has 0 aliphatic carbocycles. The van der Waals surface area contributed by atoms with Crippen molar-refractivity contribution in [3.63, 3.8) is 0 Å². The number of nitrogens with zero attached hydrogens (tertiary/aromatic N) is 1. The summed E-state index contributed by atoms with van der Waals surface area (Å²) >= 11 is 0. The number of benzene rings is 1. The molecule has 2 rings (SSSR count). The molecule has 1 saturated heterocycles. The zero-order valence-electron chi connectivity index (χ0n) is 17.2. The molecule has 1 aliphatic heterocycles. The van der Waals surface area contributed by atoms with Crippen LogP contribution in [-0.2, 0) is 14.3 Å². The van der Waals surface area contributed by atoms with Crippen molar-refractivity contribution in [1.82, 2.24) is 4.90 Å². The monoisotopic (exact) mass is 361 g/mol. The van der Waals surface area contributed by atoms with Gasteiger partial charge < -0.3 is 9.47 Å². The first-order valence-corrected chi connectivity index (χ1v) is 9.94. The van der Waals surface area contributed by atoms with Crippen LogP contribution < -0.4 is 0 Å². The number of rotatable bonds is 9. The van der Waals surface area contributed by atoms with Crippen LogP contribution in [0.5, 0.6) is 0 Å². The minimum absolute atomic E-state index is 0.0949. The van der Waals surface area contributed by atoms with Crippen molar-refractivity contribution < 1.29 is 14.3 Å². The lowest BCUT2D eigenvalue weighted by Gasteiger charge is -2.29. The number of esters is 1. The number of ether oxygens (including phenoxy) is 2. The molecule has 3 atom stereocenters. The Morgan fingerprint density at radius 3 is 2.35 bits per heavy atom. The highest BCUT2D eigenvalue weighted by Gasteiger charge is 2.48. The second-order valence-electron chi connectivity index (χ2n) is 8.23. The maximum absolute atomic E-state index is 12.2. The highest BCUT2D eigenvalue weighted by Crippen LogP contribution is 2.39. The SMILES string of the molecule is CCC(CC)C1OC1N(CCC(=O)OC(C)(C)C)[C@H](C)c1ccccc1. The number of carbonyl (C=O) groups excluding carboxylic acids is 1. The van der Waals surface area contributed by atoms with Gasteiger partial charge >= 0.3 is 5.97 Å². The number of hydrogen-bond acceptors (Lipinski definition) is 4. The zero-order valence-corrected chi connectivity index (χ0v) is 17.2. The predicted octanol–water partition coefficient (Wildman–Crippen LogP) is 4.94. The molecule has 0 saturated carbocycles. The first kappa shape index (κ1) is 20.9. The Hall–Kier alpha value is -1.39. The van der Waals surface area contributed by atoms with E-state index in [0.29, 0.717) is 18.9 Å². The molecule has 1 aromatic carbocycles. The minimum atomic E-state index is -0.443. The molecule has 1 aliphatic rings. The lowest BCUT2D eigenvalue weighted by Crippen LogP contribution is -2.35. The third-order valence-electron chi connectivity index (χ3n) is 5.11. The molecule has 0 amide bonds. The summed E-state index contributed by atoms with van der Waals surface area (Å²) in [6, 6.07) is 10.6. The van der Waals surface area contributed by atoms with E-state index in [2.05, 4.69) is 49.9 Å². The fraction of sp³-hybridized carbons (Fsp3) is 0.682. The fourth-order valence-electron chi connectivity index (χ4n) is 3.56. The van der Waals surface area contributed by atoms with Crippen LogP contribution in [0.3, 0.4) is 0 Å². The van der Waals surface area contributed by atoms with Crippen LogP contribution >= 0.6 is 0 Å². The quantitative estimate of drug-likeness (QED) is 0.461. The first-order chi connectivity index (χ1) is 12.3. The standard InChI is InChI=1S/C22H35NO3/c1-7-17(8-2)20-21(25-20)23(15-14-19(24)26-22(4,5)6)16(3)18-12-10-9-11-13-18/h9-13,16-17,20-21H,7-8,14-15H2,1-6H3/t16-,20?,21?/m1/s1. The maximum Gasteiger partial charge on any atom is 0.307 e. The molecule has 146 valence electrons. The molecular weight excluding hydrogens is 326 g/mol. The van der Waals surface area contributed by atoms with Crippen LogP contribution in [0.2, 0.25) is 0 Å². The topological polar surface area (TPSA) is 42.1 Å². The summed E-state index contributed by atoms with van der Waals surface area (Å²) in [6.07, 6.45) is 2.99. The summed E-state index contributed by atoms with van der Waals surface area (Å²) in [4.78, 5) is 14.5. The Bertz CT molecular complexity index is 563. The summed E-state index contributed by atoms with van der Waals surface area (Å²) in [5.74, 6) is 0.425. The largest absolute Gasteiger partial charge is 0.460 e. The van der Waals surface area contributed by atoms with E-state index in [1.54, 1.807) is 0 Å². The molecule has 0 spiro atoms. The van der Waals surface area contributed by atoms with Crippen molar-refractivity contribution in [2.75, 3.05) is 6.54 Å². The Labute approximate surface area is 158 Å². The fourth-order valence-corrected chi connectivity index (χ4v) is 3.56. The molecule has 4 heteroatoms. The normalized spacial score (nSPS) is 21.1. The van der Waals surface area contributed by atoms with Gasteiger partial charge in [0, 0.05) is 12.6 Å². The van der Waals surface area contributed by atoms with Gasteiger partial charge in [0.15, 0.2) is 0 Å². The van der Waals surface area contributed by atoms with E-state index in [-0.39, 0.29) is 24.3 Å². The third kappa shape index (κ3) is 5.82. The molecule has 0 bridgehead atoms. The van der Waals surface area contributed by atoms with Crippen LogP contribution in [0.15, 0.2) is 30.3 Å². The van der Waals surface area contributed by atoms with Gasteiger partial charge in [-0.2, -0.15) is 0 Å². The van der Waals surface area contributed by atoms with Gasteiger partial charge in [-0.15, -0.1) is 0 Å². The van der Waals surface area contributed by atoms with Crippen molar-refractivity contribution in [3.8, 4) is 0 Å². The molecule has 0 aromatic heterocycles. The van der Waals surface area contributed by atoms with E-state index < -0.39 is 5.60 Å². The summed E-state index contributed by atoms with van der Waals surface area (Å²) in [6.45, 7) is 13.0. The van der Waals surface area contributed by atoms with E-state index in [1.807, 2.05) is 26.8 Å². The lowest BCUT2D eigenvalue weighted by atomic mass is 9.98. The van der Waals surface area contributed by atoms with Gasteiger partial charge in [-0.25, -0.2) is 0 Å². The van der Waals surface area contributed by atoms with Crippen molar-refractivity contribution in [2.45, 2.75) is 84.8 Å². The van der Waals surface area contributed by atoms with Gasteiger partial charge in [0.1, 0.15) is 17.9 Å². The van der Waals surface area contributed by atoms with Crippen LogP contribution in [0.1, 0.15) is 72.4 Å². The predicted molar refractivity (Wildman–Crippen MR) is 105 cm³/mol. The average Bonchev–Trinajstić information content (AvgIpc) is 3.35. The number of hydrogen-bond donors (Lipinski definition) is 0. The first-order valence-electron chi connectivity index (χ1n) is 9.94. The molecule has 1 aromatic rings. The summed E-state index contributed by atoms with van der Waals surface area (Å²) in [7, 11) is 0. The smallest absolute Gasteiger partial charge is 0.307 e. The van der Waals surface area contributed by atoms with Crippen molar-refractivity contribution in [3.05, 3.63) is 35.9 Å². The molecular formula is C22H35NO3. The Morgan fingerprint density at radius 2 is 1.81 bits per heavy atom. The molecule has 0 N–H and O–H groups in total. The van der Waals surface area contributed by atoms with E-state index in [1.165, 1.54) is 5.56 Å². The van der Waals surface area contributed by atoms with Gasteiger partial charge in [0.05, 0.1) is 6.42 Å². The highest BCUT2D eigenvalue weighted by atomic mass is 16.6. The van der Waals surface area contributed by atoms with Gasteiger partial charge in [0.25, 0.3) is 0 Å². The summed E-state index contributed by atoms with van der Waals surface area (Å²) in [5.41, 5.74) is 0.802. The van der Waals surface area contributed by atoms with E-state index in [4.69, 9.17) is 9.47 Å². The molecule has 1 fully saturated rings. The molecule has 26 heavy (non-hydrogen) atoms. The third-order valence-corrected chi connectivity index (χ3v) is 5.11.